The third kappa shape index (κ3) is 6.45. The fourth-order valence-electron chi connectivity index (χ4n) is 1.65. The van der Waals surface area contributed by atoms with Crippen LogP contribution in [-0.2, 0) is 20.9 Å². The zero-order chi connectivity index (χ0) is 16.7. The molecule has 2 rings (SSSR count). The van der Waals surface area contributed by atoms with Crippen LogP contribution < -0.4 is 5.32 Å². The molecule has 7 heteroatoms. The van der Waals surface area contributed by atoms with E-state index < -0.39 is 5.97 Å². The molecule has 5 nitrogen and oxygen atoms in total. The normalized spacial score (nSPS) is 10.7. The largest absolute Gasteiger partial charge is 0.452 e. The van der Waals surface area contributed by atoms with Crippen LogP contribution in [0.4, 0.5) is 0 Å². The third-order valence-electron chi connectivity index (χ3n) is 2.70. The molecule has 0 saturated carbocycles. The lowest BCUT2D eigenvalue weighted by molar-refractivity contribution is -0.143. The smallest absolute Gasteiger partial charge is 0.331 e. The highest BCUT2D eigenvalue weighted by molar-refractivity contribution is 14.1. The summed E-state index contributed by atoms with van der Waals surface area (Å²) in [5, 5.41) is 3.24. The van der Waals surface area contributed by atoms with Gasteiger partial charge in [0.05, 0.1) is 0 Å². The highest BCUT2D eigenvalue weighted by atomic mass is 127. The zero-order valence-corrected chi connectivity index (χ0v) is 14.8. The minimum Gasteiger partial charge on any atom is -0.452 e. The molecule has 0 bridgehead atoms. The van der Waals surface area contributed by atoms with E-state index in [-0.39, 0.29) is 12.5 Å². The number of hydrogen-bond acceptors (Lipinski definition) is 4. The lowest BCUT2D eigenvalue weighted by Gasteiger charge is -2.05. The summed E-state index contributed by atoms with van der Waals surface area (Å²) in [7, 11) is 0. The number of halogens is 2. The Bertz CT molecular complexity index is 726. The first-order chi connectivity index (χ1) is 11.0. The monoisotopic (exact) mass is 445 g/mol. The molecule has 0 atom stereocenters. The van der Waals surface area contributed by atoms with Gasteiger partial charge in [0.2, 0.25) is 0 Å². The number of nitrogens with one attached hydrogen (secondary N) is 1. The summed E-state index contributed by atoms with van der Waals surface area (Å²) < 4.78 is 10.8. The van der Waals surface area contributed by atoms with E-state index in [4.69, 9.17) is 20.8 Å². The van der Waals surface area contributed by atoms with Crippen molar-refractivity contribution in [2.45, 2.75) is 6.54 Å². The second-order valence-corrected chi connectivity index (χ2v) is 5.99. The molecule has 0 aliphatic heterocycles. The van der Waals surface area contributed by atoms with Gasteiger partial charge in [0, 0.05) is 17.6 Å². The number of benzene rings is 1. The molecule has 0 fully saturated rings. The Hall–Kier alpha value is -1.80. The van der Waals surface area contributed by atoms with Gasteiger partial charge in [-0.3, -0.25) is 4.79 Å². The van der Waals surface area contributed by atoms with Gasteiger partial charge in [-0.05, 0) is 58.5 Å². The second-order valence-electron chi connectivity index (χ2n) is 4.49. The van der Waals surface area contributed by atoms with Gasteiger partial charge in [-0.1, -0.05) is 23.7 Å². The summed E-state index contributed by atoms with van der Waals surface area (Å²) in [4.78, 5) is 23.1. The summed E-state index contributed by atoms with van der Waals surface area (Å²) in [5.41, 5.74) is 0.865. The summed E-state index contributed by atoms with van der Waals surface area (Å²) in [6, 6.07) is 10.6. The number of amides is 1. The molecule has 0 spiro atoms. The van der Waals surface area contributed by atoms with Crippen molar-refractivity contribution in [1.29, 1.82) is 0 Å². The average Bonchev–Trinajstić information content (AvgIpc) is 2.94. The Balaban J connectivity index is 1.71. The second kappa shape index (κ2) is 8.73. The van der Waals surface area contributed by atoms with Crippen molar-refractivity contribution in [2.24, 2.45) is 0 Å². The van der Waals surface area contributed by atoms with Gasteiger partial charge in [0.25, 0.3) is 5.91 Å². The molecule has 1 heterocycles. The molecule has 0 saturated heterocycles. The maximum atomic E-state index is 11.6. The van der Waals surface area contributed by atoms with Crippen LogP contribution in [-0.4, -0.2) is 18.5 Å². The zero-order valence-electron chi connectivity index (χ0n) is 11.9. The van der Waals surface area contributed by atoms with E-state index in [9.17, 15) is 9.59 Å². The molecule has 0 unspecified atom stereocenters. The summed E-state index contributed by atoms with van der Waals surface area (Å²) in [6.07, 6.45) is 2.69. The van der Waals surface area contributed by atoms with E-state index in [1.54, 1.807) is 30.3 Å². The predicted molar refractivity (Wildman–Crippen MR) is 94.7 cm³/mol. The van der Waals surface area contributed by atoms with E-state index in [0.717, 1.165) is 9.33 Å². The van der Waals surface area contributed by atoms with Gasteiger partial charge in [0.15, 0.2) is 10.4 Å². The summed E-state index contributed by atoms with van der Waals surface area (Å²) in [6.45, 7) is -0.0307. The third-order valence-corrected chi connectivity index (χ3v) is 3.52. The summed E-state index contributed by atoms with van der Waals surface area (Å²) in [5.74, 6) is -0.467. The number of rotatable bonds is 6. The average molecular weight is 446 g/mol. The van der Waals surface area contributed by atoms with Crippen molar-refractivity contribution < 1.29 is 18.7 Å². The number of carbonyl (C=O) groups excluding carboxylic acids is 2. The fourth-order valence-corrected chi connectivity index (χ4v) is 2.30. The topological polar surface area (TPSA) is 68.5 Å². The number of hydrogen-bond donors (Lipinski definition) is 1. The van der Waals surface area contributed by atoms with E-state index in [0.29, 0.717) is 17.3 Å². The van der Waals surface area contributed by atoms with Gasteiger partial charge in [-0.2, -0.15) is 0 Å². The van der Waals surface area contributed by atoms with Crippen molar-refractivity contribution in [1.82, 2.24) is 5.32 Å². The molecule has 0 aliphatic carbocycles. The van der Waals surface area contributed by atoms with Crippen LogP contribution in [0.15, 0.2) is 46.9 Å². The van der Waals surface area contributed by atoms with E-state index in [2.05, 4.69) is 5.32 Å². The maximum Gasteiger partial charge on any atom is 0.331 e. The van der Waals surface area contributed by atoms with Crippen LogP contribution >= 0.6 is 34.2 Å². The van der Waals surface area contributed by atoms with Crippen LogP contribution in [0.25, 0.3) is 6.08 Å². The van der Waals surface area contributed by atoms with Crippen LogP contribution in [0.2, 0.25) is 5.02 Å². The summed E-state index contributed by atoms with van der Waals surface area (Å²) >= 11 is 7.87. The molecule has 0 aliphatic rings. The lowest BCUT2D eigenvalue weighted by Crippen LogP contribution is -2.28. The Morgan fingerprint density at radius 1 is 1.30 bits per heavy atom. The van der Waals surface area contributed by atoms with Gasteiger partial charge in [-0.15, -0.1) is 0 Å². The Morgan fingerprint density at radius 2 is 2.13 bits per heavy atom. The molecule has 2 aromatic rings. The van der Waals surface area contributed by atoms with E-state index in [1.165, 1.54) is 12.2 Å². The van der Waals surface area contributed by atoms with Crippen molar-refractivity contribution in [3.8, 4) is 0 Å². The number of esters is 1. The van der Waals surface area contributed by atoms with Crippen molar-refractivity contribution >= 4 is 52.1 Å². The van der Waals surface area contributed by atoms with Crippen molar-refractivity contribution in [3.63, 3.8) is 0 Å². The molecule has 0 radical (unpaired) electrons. The first-order valence-corrected chi connectivity index (χ1v) is 8.10. The minimum absolute atomic E-state index is 0.317. The molecule has 1 N–H and O–H groups in total. The Kier molecular flexibility index (Phi) is 6.66. The SMILES string of the molecule is O=C(COC(=O)/C=C/c1ccc(I)o1)NCc1cccc(Cl)c1. The fraction of sp³-hybridized carbons (Fsp3) is 0.125. The first kappa shape index (κ1) is 17.6. The number of ether oxygens (including phenoxy) is 1. The lowest BCUT2D eigenvalue weighted by atomic mass is 10.2. The van der Waals surface area contributed by atoms with Crippen LogP contribution in [0, 0.1) is 3.77 Å². The minimum atomic E-state index is -0.616. The maximum absolute atomic E-state index is 11.6. The van der Waals surface area contributed by atoms with E-state index in [1.807, 2.05) is 28.7 Å². The van der Waals surface area contributed by atoms with Gasteiger partial charge >= 0.3 is 5.97 Å². The van der Waals surface area contributed by atoms with Gasteiger partial charge in [-0.25, -0.2) is 4.79 Å². The van der Waals surface area contributed by atoms with Crippen molar-refractivity contribution in [2.75, 3.05) is 6.61 Å². The molecule has 23 heavy (non-hydrogen) atoms. The van der Waals surface area contributed by atoms with Crippen LogP contribution in [0.3, 0.4) is 0 Å². The molecular formula is C16H13ClINO4. The first-order valence-electron chi connectivity index (χ1n) is 6.64. The molecule has 120 valence electrons. The Morgan fingerprint density at radius 3 is 2.83 bits per heavy atom. The standard InChI is InChI=1S/C16H13ClINO4/c17-12-3-1-2-11(8-12)9-19-15(20)10-22-16(21)7-5-13-4-6-14(18)23-13/h1-8H,9-10H2,(H,19,20)/b7-5+. The Labute approximate surface area is 151 Å². The quantitative estimate of drug-likeness (QED) is 0.420. The van der Waals surface area contributed by atoms with Crippen LogP contribution in [0.5, 0.6) is 0 Å². The number of furan rings is 1. The van der Waals surface area contributed by atoms with E-state index >= 15 is 0 Å². The molecule has 1 aromatic carbocycles. The molecule has 1 amide bonds. The predicted octanol–water partition coefficient (Wildman–Crippen LogP) is 3.41. The molecular weight excluding hydrogens is 433 g/mol. The number of carbonyl (C=O) groups is 2. The highest BCUT2D eigenvalue weighted by Crippen LogP contribution is 2.11. The van der Waals surface area contributed by atoms with Gasteiger partial charge in [0.1, 0.15) is 5.76 Å². The van der Waals surface area contributed by atoms with Gasteiger partial charge < -0.3 is 14.5 Å². The van der Waals surface area contributed by atoms with Crippen molar-refractivity contribution in [3.05, 3.63) is 62.6 Å². The molecule has 1 aromatic heterocycles. The van der Waals surface area contributed by atoms with Crippen LogP contribution in [0.1, 0.15) is 11.3 Å². The highest BCUT2D eigenvalue weighted by Gasteiger charge is 2.05.